The molecule has 0 bridgehead atoms. The fourth-order valence-electron chi connectivity index (χ4n) is 4.41. The van der Waals surface area contributed by atoms with Gasteiger partial charge in [-0.3, -0.25) is 4.72 Å². The van der Waals surface area contributed by atoms with Crippen molar-refractivity contribution in [2.45, 2.75) is 45.4 Å². The molecule has 0 heterocycles. The smallest absolute Gasteiger partial charge is 0.261 e. The monoisotopic (exact) mass is 517 g/mol. The van der Waals surface area contributed by atoms with E-state index in [9.17, 15) is 23.7 Å². The molecule has 0 unspecified atom stereocenters. The molecule has 6 nitrogen and oxygen atoms in total. The van der Waals surface area contributed by atoms with Crippen LogP contribution in [0.4, 0.5) is 5.69 Å². The van der Waals surface area contributed by atoms with E-state index in [1.807, 2.05) is 39.8 Å². The Kier molecular flexibility index (Phi) is 7.18. The van der Waals surface area contributed by atoms with Crippen LogP contribution in [-0.4, -0.2) is 23.7 Å². The van der Waals surface area contributed by atoms with Gasteiger partial charge in [-0.25, -0.2) is 8.42 Å². The first-order valence-corrected chi connectivity index (χ1v) is 13.4. The number of aryl methyl sites for hydroxylation is 4. The standard InChI is InChI=1S/C30H31NO5S/c1-18-12-28(32)20(3)10-22(18)14-24-16-26(31-37(35,36)27-8-6-5-7-9-27)17-25(30(24)34)15-23-11-21(4)29(33)13-19(23)2/h5-13,16-17,31-34H,14-15H2,1-4H3. The summed E-state index contributed by atoms with van der Waals surface area (Å²) in [6, 6.07) is 18.5. The lowest BCUT2D eigenvalue weighted by Gasteiger charge is -2.17. The van der Waals surface area contributed by atoms with E-state index in [1.165, 1.54) is 12.1 Å². The van der Waals surface area contributed by atoms with Crippen LogP contribution >= 0.6 is 0 Å². The second kappa shape index (κ2) is 10.2. The summed E-state index contributed by atoms with van der Waals surface area (Å²) in [5.41, 5.74) is 6.45. The maximum Gasteiger partial charge on any atom is 0.261 e. The predicted octanol–water partition coefficient (Wildman–Crippen LogP) is 6.02. The van der Waals surface area contributed by atoms with Gasteiger partial charge in [0.25, 0.3) is 10.0 Å². The van der Waals surface area contributed by atoms with Crippen molar-refractivity contribution in [3.05, 3.63) is 111 Å². The minimum Gasteiger partial charge on any atom is -0.508 e. The van der Waals surface area contributed by atoms with Crippen LogP contribution in [0.3, 0.4) is 0 Å². The Bertz CT molecular complexity index is 1500. The third-order valence-corrected chi connectivity index (χ3v) is 8.04. The quantitative estimate of drug-likeness (QED) is 0.224. The van der Waals surface area contributed by atoms with Crippen molar-refractivity contribution in [3.8, 4) is 17.2 Å². The molecule has 4 aromatic rings. The van der Waals surface area contributed by atoms with Crippen LogP contribution in [0.25, 0.3) is 0 Å². The number of phenols is 3. The van der Waals surface area contributed by atoms with E-state index in [2.05, 4.69) is 4.72 Å². The summed E-state index contributed by atoms with van der Waals surface area (Å²) in [4.78, 5) is 0.140. The Hall–Kier alpha value is -3.97. The van der Waals surface area contributed by atoms with E-state index in [-0.39, 0.29) is 22.1 Å². The molecule has 0 spiro atoms. The van der Waals surface area contributed by atoms with Gasteiger partial charge in [-0.05, 0) is 97.5 Å². The Morgan fingerprint density at radius 1 is 0.622 bits per heavy atom. The number of phenolic OH excluding ortho intramolecular Hbond substituents is 3. The van der Waals surface area contributed by atoms with Crippen molar-refractivity contribution in [1.29, 1.82) is 0 Å². The highest BCUT2D eigenvalue weighted by Gasteiger charge is 2.19. The molecule has 192 valence electrons. The maximum atomic E-state index is 13.1. The molecule has 0 aliphatic rings. The zero-order valence-corrected chi connectivity index (χ0v) is 22.1. The van der Waals surface area contributed by atoms with Crippen LogP contribution in [0, 0.1) is 27.7 Å². The lowest BCUT2D eigenvalue weighted by molar-refractivity contribution is 0.463. The summed E-state index contributed by atoms with van der Waals surface area (Å²) >= 11 is 0. The lowest BCUT2D eigenvalue weighted by atomic mass is 9.92. The molecule has 0 aromatic heterocycles. The van der Waals surface area contributed by atoms with Crippen molar-refractivity contribution in [2.75, 3.05) is 4.72 Å². The van der Waals surface area contributed by atoms with Crippen molar-refractivity contribution < 1.29 is 23.7 Å². The molecule has 0 amide bonds. The molecular weight excluding hydrogens is 486 g/mol. The molecule has 0 saturated heterocycles. The van der Waals surface area contributed by atoms with Crippen LogP contribution in [0.5, 0.6) is 17.2 Å². The van der Waals surface area contributed by atoms with Crippen molar-refractivity contribution >= 4 is 15.7 Å². The molecule has 0 fully saturated rings. The van der Waals surface area contributed by atoms with Crippen LogP contribution < -0.4 is 4.72 Å². The molecule has 4 N–H and O–H groups in total. The summed E-state index contributed by atoms with van der Waals surface area (Å²) in [6.45, 7) is 7.39. The predicted molar refractivity (Wildman–Crippen MR) is 146 cm³/mol. The number of anilines is 1. The number of hydrogen-bond acceptors (Lipinski definition) is 5. The molecule has 37 heavy (non-hydrogen) atoms. The molecule has 0 radical (unpaired) electrons. The van der Waals surface area contributed by atoms with Gasteiger partial charge in [0.2, 0.25) is 0 Å². The first kappa shape index (κ1) is 26.1. The SMILES string of the molecule is Cc1cc(Cc2cc(NS(=O)(=O)c3ccccc3)cc(Cc3cc(C)c(O)cc3C)c2O)c(C)cc1O. The van der Waals surface area contributed by atoms with Crippen LogP contribution in [0.15, 0.2) is 71.6 Å². The number of sulfonamides is 1. The summed E-state index contributed by atoms with van der Waals surface area (Å²) in [7, 11) is -3.84. The maximum absolute atomic E-state index is 13.1. The Labute approximate surface area is 217 Å². The third kappa shape index (κ3) is 5.73. The summed E-state index contributed by atoms with van der Waals surface area (Å²) in [5.74, 6) is 0.486. The first-order chi connectivity index (χ1) is 17.4. The Balaban J connectivity index is 1.81. The summed E-state index contributed by atoms with van der Waals surface area (Å²) in [6.07, 6.45) is 0.695. The van der Waals surface area contributed by atoms with Crippen LogP contribution in [-0.2, 0) is 22.9 Å². The number of rotatable bonds is 7. The molecule has 0 aliphatic heterocycles. The summed E-state index contributed by atoms with van der Waals surface area (Å²) in [5, 5.41) is 31.4. The molecular formula is C30H31NO5S. The van der Waals surface area contributed by atoms with E-state index in [4.69, 9.17) is 0 Å². The van der Waals surface area contributed by atoms with Crippen LogP contribution in [0.1, 0.15) is 44.5 Å². The zero-order chi connectivity index (χ0) is 26.9. The Morgan fingerprint density at radius 3 is 1.54 bits per heavy atom. The van der Waals surface area contributed by atoms with Crippen molar-refractivity contribution in [2.24, 2.45) is 0 Å². The normalized spacial score (nSPS) is 11.5. The molecule has 7 heteroatoms. The van der Waals surface area contributed by atoms with Gasteiger partial charge in [0, 0.05) is 29.7 Å². The number of aromatic hydroxyl groups is 3. The number of nitrogens with one attached hydrogen (secondary N) is 1. The summed E-state index contributed by atoms with van der Waals surface area (Å²) < 4.78 is 28.8. The minimum atomic E-state index is -3.84. The van der Waals surface area contributed by atoms with Crippen molar-refractivity contribution in [3.63, 3.8) is 0 Å². The first-order valence-electron chi connectivity index (χ1n) is 12.0. The van der Waals surface area contributed by atoms with E-state index in [0.717, 1.165) is 33.4 Å². The van der Waals surface area contributed by atoms with E-state index in [0.29, 0.717) is 29.7 Å². The van der Waals surface area contributed by atoms with Gasteiger partial charge in [0.1, 0.15) is 17.2 Å². The largest absolute Gasteiger partial charge is 0.508 e. The average molecular weight is 518 g/mol. The lowest BCUT2D eigenvalue weighted by Crippen LogP contribution is -2.13. The van der Waals surface area contributed by atoms with Gasteiger partial charge >= 0.3 is 0 Å². The average Bonchev–Trinajstić information content (AvgIpc) is 2.84. The highest BCUT2D eigenvalue weighted by Crippen LogP contribution is 2.34. The topological polar surface area (TPSA) is 107 Å². The Morgan fingerprint density at radius 2 is 1.08 bits per heavy atom. The molecule has 4 aromatic carbocycles. The second-order valence-corrected chi connectivity index (χ2v) is 11.2. The third-order valence-electron chi connectivity index (χ3n) is 6.64. The van der Waals surface area contributed by atoms with E-state index < -0.39 is 10.0 Å². The highest BCUT2D eigenvalue weighted by atomic mass is 32.2. The van der Waals surface area contributed by atoms with Gasteiger partial charge in [0.15, 0.2) is 0 Å². The zero-order valence-electron chi connectivity index (χ0n) is 21.3. The van der Waals surface area contributed by atoms with Crippen molar-refractivity contribution in [1.82, 2.24) is 0 Å². The molecule has 0 saturated carbocycles. The minimum absolute atomic E-state index is 0.0814. The fourth-order valence-corrected chi connectivity index (χ4v) is 5.48. The van der Waals surface area contributed by atoms with Gasteiger partial charge in [0.05, 0.1) is 4.90 Å². The molecule has 4 rings (SSSR count). The van der Waals surface area contributed by atoms with E-state index >= 15 is 0 Å². The number of hydrogen-bond donors (Lipinski definition) is 4. The second-order valence-electron chi connectivity index (χ2n) is 9.55. The van der Waals surface area contributed by atoms with E-state index in [1.54, 1.807) is 42.5 Å². The van der Waals surface area contributed by atoms with Gasteiger partial charge in [-0.1, -0.05) is 30.3 Å². The fraction of sp³-hybridized carbons (Fsp3) is 0.200. The van der Waals surface area contributed by atoms with Gasteiger partial charge < -0.3 is 15.3 Å². The number of benzene rings is 4. The molecule has 0 aliphatic carbocycles. The van der Waals surface area contributed by atoms with Crippen LogP contribution in [0.2, 0.25) is 0 Å². The van der Waals surface area contributed by atoms with Gasteiger partial charge in [-0.2, -0.15) is 0 Å². The van der Waals surface area contributed by atoms with Gasteiger partial charge in [-0.15, -0.1) is 0 Å². The highest BCUT2D eigenvalue weighted by molar-refractivity contribution is 7.92. The molecule has 0 atom stereocenters.